The molecule has 0 radical (unpaired) electrons. The first-order valence-corrected chi connectivity index (χ1v) is 6.22. The van der Waals surface area contributed by atoms with Gasteiger partial charge in [0.25, 0.3) is 11.6 Å². The van der Waals surface area contributed by atoms with Crippen LogP contribution in [0.1, 0.15) is 23.0 Å². The number of rotatable bonds is 2. The van der Waals surface area contributed by atoms with Crippen LogP contribution in [0.3, 0.4) is 0 Å². The first-order chi connectivity index (χ1) is 9.58. The number of carbonyl (C=O) groups excluding carboxylic acids is 1. The third-order valence-corrected chi connectivity index (χ3v) is 3.44. The van der Waals surface area contributed by atoms with Crippen LogP contribution in [0.15, 0.2) is 41.0 Å². The number of nitrogens with zero attached hydrogens (tertiary/aromatic N) is 2. The van der Waals surface area contributed by atoms with Crippen molar-refractivity contribution >= 4 is 17.3 Å². The molecule has 0 spiro atoms. The number of non-ortho nitro benzene ring substituents is 1. The summed E-state index contributed by atoms with van der Waals surface area (Å²) < 4.78 is 5.13. The number of benzene rings is 1. The second kappa shape index (κ2) is 4.48. The highest BCUT2D eigenvalue weighted by atomic mass is 16.6. The van der Waals surface area contributed by atoms with Crippen LogP contribution in [0.2, 0.25) is 0 Å². The molecule has 1 aromatic heterocycles. The van der Waals surface area contributed by atoms with Gasteiger partial charge in [-0.05, 0) is 37.1 Å². The molecule has 2 heterocycles. The molecule has 1 aliphatic rings. The predicted molar refractivity (Wildman–Crippen MR) is 71.8 cm³/mol. The Bertz CT molecular complexity index is 678. The maximum absolute atomic E-state index is 12.4. The maximum Gasteiger partial charge on any atom is 0.294 e. The van der Waals surface area contributed by atoms with E-state index in [1.807, 2.05) is 6.92 Å². The van der Waals surface area contributed by atoms with E-state index in [4.69, 9.17) is 4.42 Å². The number of carbonyl (C=O) groups is 1. The van der Waals surface area contributed by atoms with Crippen molar-refractivity contribution in [1.29, 1.82) is 0 Å². The molecule has 0 saturated heterocycles. The Morgan fingerprint density at radius 3 is 2.90 bits per heavy atom. The fraction of sp³-hybridized carbons (Fsp3) is 0.214. The van der Waals surface area contributed by atoms with Crippen LogP contribution in [0.25, 0.3) is 0 Å². The summed E-state index contributed by atoms with van der Waals surface area (Å²) in [4.78, 5) is 24.4. The minimum atomic E-state index is -0.429. The molecule has 102 valence electrons. The lowest BCUT2D eigenvalue weighted by molar-refractivity contribution is -0.384. The van der Waals surface area contributed by atoms with E-state index in [-0.39, 0.29) is 23.4 Å². The summed E-state index contributed by atoms with van der Waals surface area (Å²) in [5.41, 5.74) is 1.57. The van der Waals surface area contributed by atoms with Crippen molar-refractivity contribution in [1.82, 2.24) is 0 Å². The van der Waals surface area contributed by atoms with Crippen LogP contribution in [0.5, 0.6) is 0 Å². The minimum absolute atomic E-state index is 0.0447. The van der Waals surface area contributed by atoms with Crippen LogP contribution in [-0.4, -0.2) is 16.9 Å². The minimum Gasteiger partial charge on any atom is -0.459 e. The zero-order valence-corrected chi connectivity index (χ0v) is 10.8. The number of hydrogen-bond donors (Lipinski definition) is 0. The lowest BCUT2D eigenvalue weighted by Crippen LogP contribution is -2.35. The van der Waals surface area contributed by atoms with Crippen LogP contribution in [0.4, 0.5) is 11.4 Å². The Kier molecular flexibility index (Phi) is 2.78. The molecule has 0 bridgehead atoms. The third kappa shape index (κ3) is 1.85. The number of anilines is 1. The van der Waals surface area contributed by atoms with Crippen molar-refractivity contribution in [2.45, 2.75) is 19.4 Å². The van der Waals surface area contributed by atoms with Gasteiger partial charge in [0.1, 0.15) is 0 Å². The number of hydrogen-bond acceptors (Lipinski definition) is 4. The van der Waals surface area contributed by atoms with E-state index in [9.17, 15) is 14.9 Å². The second-order valence-corrected chi connectivity index (χ2v) is 4.78. The number of amides is 1. The van der Waals surface area contributed by atoms with Gasteiger partial charge in [-0.25, -0.2) is 0 Å². The zero-order valence-electron chi connectivity index (χ0n) is 10.8. The molecule has 0 N–H and O–H groups in total. The van der Waals surface area contributed by atoms with Gasteiger partial charge in [-0.15, -0.1) is 0 Å². The van der Waals surface area contributed by atoms with Gasteiger partial charge in [-0.1, -0.05) is 0 Å². The Morgan fingerprint density at radius 2 is 2.25 bits per heavy atom. The lowest BCUT2D eigenvalue weighted by Gasteiger charge is -2.21. The molecule has 1 aliphatic heterocycles. The third-order valence-electron chi connectivity index (χ3n) is 3.44. The molecule has 3 rings (SSSR count). The number of nitro groups is 1. The van der Waals surface area contributed by atoms with E-state index in [0.29, 0.717) is 12.1 Å². The summed E-state index contributed by atoms with van der Waals surface area (Å²) in [5.74, 6) is 0.0400. The fourth-order valence-corrected chi connectivity index (χ4v) is 2.56. The van der Waals surface area contributed by atoms with Crippen molar-refractivity contribution < 1.29 is 14.1 Å². The number of nitro benzene ring substituents is 1. The van der Waals surface area contributed by atoms with Gasteiger partial charge in [0, 0.05) is 23.9 Å². The normalized spacial score (nSPS) is 17.1. The summed E-state index contributed by atoms with van der Waals surface area (Å²) in [6, 6.07) is 7.78. The average Bonchev–Trinajstić information content (AvgIpc) is 3.03. The van der Waals surface area contributed by atoms with Gasteiger partial charge in [0.2, 0.25) is 0 Å². The van der Waals surface area contributed by atoms with Gasteiger partial charge in [-0.3, -0.25) is 14.9 Å². The zero-order chi connectivity index (χ0) is 14.3. The summed E-state index contributed by atoms with van der Waals surface area (Å²) in [7, 11) is 0. The Balaban J connectivity index is 2.00. The first kappa shape index (κ1) is 12.4. The van der Waals surface area contributed by atoms with Gasteiger partial charge >= 0.3 is 0 Å². The molecule has 20 heavy (non-hydrogen) atoms. The van der Waals surface area contributed by atoms with Gasteiger partial charge in [-0.2, -0.15) is 0 Å². The fourth-order valence-electron chi connectivity index (χ4n) is 2.56. The van der Waals surface area contributed by atoms with E-state index in [2.05, 4.69) is 0 Å². The van der Waals surface area contributed by atoms with Crippen LogP contribution >= 0.6 is 0 Å². The largest absolute Gasteiger partial charge is 0.459 e. The van der Waals surface area contributed by atoms with E-state index in [1.54, 1.807) is 23.1 Å². The maximum atomic E-state index is 12.4. The smallest absolute Gasteiger partial charge is 0.294 e. The molecule has 1 aromatic carbocycles. The molecular weight excluding hydrogens is 260 g/mol. The highest BCUT2D eigenvalue weighted by Crippen LogP contribution is 2.35. The van der Waals surface area contributed by atoms with Crippen molar-refractivity contribution in [3.63, 3.8) is 0 Å². The van der Waals surface area contributed by atoms with Gasteiger partial charge in [0.05, 0.1) is 11.2 Å². The second-order valence-electron chi connectivity index (χ2n) is 4.78. The molecule has 0 fully saturated rings. The molecule has 1 atom stereocenters. The lowest BCUT2D eigenvalue weighted by atomic mass is 10.1. The van der Waals surface area contributed by atoms with Crippen LogP contribution < -0.4 is 4.90 Å². The van der Waals surface area contributed by atoms with E-state index in [0.717, 1.165) is 5.56 Å². The summed E-state index contributed by atoms with van der Waals surface area (Å²) in [5, 5.41) is 10.8. The molecule has 1 amide bonds. The standard InChI is InChI=1S/C14H12N2O4/c1-9-7-10-8-11(16(18)19)4-5-12(10)15(9)14(17)13-3-2-6-20-13/h2-6,8-9H,7H2,1H3/t9-/m0/s1. The number of fused-ring (bicyclic) bond motifs is 1. The molecule has 6 heteroatoms. The van der Waals surface area contributed by atoms with Crippen molar-refractivity contribution in [2.75, 3.05) is 4.90 Å². The van der Waals surface area contributed by atoms with E-state index >= 15 is 0 Å². The molecule has 6 nitrogen and oxygen atoms in total. The quantitative estimate of drug-likeness (QED) is 0.622. The molecule has 0 unspecified atom stereocenters. The van der Waals surface area contributed by atoms with Gasteiger partial charge < -0.3 is 9.32 Å². The topological polar surface area (TPSA) is 76.6 Å². The summed E-state index contributed by atoms with van der Waals surface area (Å²) >= 11 is 0. The summed E-state index contributed by atoms with van der Waals surface area (Å²) in [6.07, 6.45) is 2.05. The highest BCUT2D eigenvalue weighted by Gasteiger charge is 2.33. The van der Waals surface area contributed by atoms with Gasteiger partial charge in [0.15, 0.2) is 5.76 Å². The Morgan fingerprint density at radius 1 is 1.45 bits per heavy atom. The Labute approximate surface area is 114 Å². The SMILES string of the molecule is C[C@H]1Cc2cc([N+](=O)[O-])ccc2N1C(=O)c1ccco1. The van der Waals surface area contributed by atoms with Crippen LogP contribution in [0, 0.1) is 10.1 Å². The van der Waals surface area contributed by atoms with E-state index < -0.39 is 4.92 Å². The molecular formula is C14H12N2O4. The van der Waals surface area contributed by atoms with Crippen LogP contribution in [-0.2, 0) is 6.42 Å². The number of furan rings is 1. The van der Waals surface area contributed by atoms with Crippen molar-refractivity contribution in [3.8, 4) is 0 Å². The highest BCUT2D eigenvalue weighted by molar-refractivity contribution is 6.06. The summed E-state index contributed by atoms with van der Waals surface area (Å²) in [6.45, 7) is 1.91. The molecule has 2 aromatic rings. The molecule has 0 aliphatic carbocycles. The Hall–Kier alpha value is -2.63. The monoisotopic (exact) mass is 272 g/mol. The molecule has 0 saturated carbocycles. The predicted octanol–water partition coefficient (Wildman–Crippen LogP) is 2.78. The van der Waals surface area contributed by atoms with Crippen molar-refractivity contribution in [2.24, 2.45) is 0 Å². The average molecular weight is 272 g/mol. The van der Waals surface area contributed by atoms with Crippen molar-refractivity contribution in [3.05, 3.63) is 58.0 Å². The van der Waals surface area contributed by atoms with E-state index in [1.165, 1.54) is 18.4 Å². The first-order valence-electron chi connectivity index (χ1n) is 6.22.